The van der Waals surface area contributed by atoms with Gasteiger partial charge in [0.25, 0.3) is 0 Å². The van der Waals surface area contributed by atoms with Gasteiger partial charge in [0.15, 0.2) is 6.73 Å². The first-order valence-corrected chi connectivity index (χ1v) is 14.7. The molecule has 0 amide bonds. The largest absolute Gasteiger partial charge is 0.444 e. The number of unbranched alkanes of at least 4 members (excludes halogenated alkanes) is 6. The molecule has 0 radical (unpaired) electrons. The van der Waals surface area contributed by atoms with Crippen LogP contribution in [0.3, 0.4) is 0 Å². The summed E-state index contributed by atoms with van der Waals surface area (Å²) >= 11 is 0. The average Bonchev–Trinajstić information content (AvgIpc) is 3.22. The summed E-state index contributed by atoms with van der Waals surface area (Å²) in [5.41, 5.74) is 0.713. The van der Waals surface area contributed by atoms with Crippen LogP contribution < -0.4 is 9.62 Å². The molecule has 1 aliphatic carbocycles. The van der Waals surface area contributed by atoms with Crippen LogP contribution in [0.1, 0.15) is 84.5 Å². The van der Waals surface area contributed by atoms with E-state index in [4.69, 9.17) is 4.74 Å². The van der Waals surface area contributed by atoms with Gasteiger partial charge in [-0.1, -0.05) is 52.4 Å². The van der Waals surface area contributed by atoms with Gasteiger partial charge < -0.3 is 9.64 Å². The minimum Gasteiger partial charge on any atom is -0.444 e. The summed E-state index contributed by atoms with van der Waals surface area (Å²) in [5.74, 6) is 0.772. The SMILES string of the molecule is CCCCCCCCCC(=O)OCn1ccc2c(N(C)C3CC(NS(=O)(=O)CCC)C3)ncnc21. The Bertz CT molecular complexity index is 1050. The fraction of sp³-hybridized carbons (Fsp3) is 0.720. The first-order chi connectivity index (χ1) is 16.8. The molecule has 0 unspecified atom stereocenters. The number of sulfonamides is 1. The van der Waals surface area contributed by atoms with E-state index in [1.165, 1.54) is 38.4 Å². The van der Waals surface area contributed by atoms with Crippen LogP contribution in [0.4, 0.5) is 5.82 Å². The number of anilines is 1. The Kier molecular flexibility index (Phi) is 10.3. The summed E-state index contributed by atoms with van der Waals surface area (Å²) in [5, 5.41) is 0.883. The lowest BCUT2D eigenvalue weighted by Gasteiger charge is -2.41. The molecule has 0 spiro atoms. The predicted octanol–water partition coefficient (Wildman–Crippen LogP) is 4.37. The van der Waals surface area contributed by atoms with Crippen LogP contribution >= 0.6 is 0 Å². The Morgan fingerprint density at radius 3 is 2.54 bits per heavy atom. The molecule has 0 atom stereocenters. The maximum absolute atomic E-state index is 12.2. The van der Waals surface area contributed by atoms with Crippen molar-refractivity contribution in [2.75, 3.05) is 17.7 Å². The normalized spacial score (nSPS) is 17.9. The molecule has 0 bridgehead atoms. The number of nitrogens with zero attached hydrogens (tertiary/aromatic N) is 4. The van der Waals surface area contributed by atoms with E-state index in [9.17, 15) is 13.2 Å². The molecule has 3 rings (SSSR count). The van der Waals surface area contributed by atoms with Gasteiger partial charge in [-0.05, 0) is 31.7 Å². The number of hydrogen-bond acceptors (Lipinski definition) is 7. The lowest BCUT2D eigenvalue weighted by molar-refractivity contribution is -0.147. The van der Waals surface area contributed by atoms with Crippen LogP contribution in [0.25, 0.3) is 11.0 Å². The quantitative estimate of drug-likeness (QED) is 0.266. The topological polar surface area (TPSA) is 106 Å². The second-order valence-corrected chi connectivity index (χ2v) is 11.5. The zero-order valence-electron chi connectivity index (χ0n) is 21.4. The zero-order valence-corrected chi connectivity index (χ0v) is 22.2. The van der Waals surface area contributed by atoms with Crippen LogP contribution in [0.5, 0.6) is 0 Å². The molecule has 1 saturated carbocycles. The van der Waals surface area contributed by atoms with Crippen LogP contribution in [-0.4, -0.2) is 53.8 Å². The molecule has 2 heterocycles. The molecule has 9 nitrogen and oxygen atoms in total. The van der Waals surface area contributed by atoms with Crippen molar-refractivity contribution in [1.29, 1.82) is 0 Å². The monoisotopic (exact) mass is 507 g/mol. The van der Waals surface area contributed by atoms with Crippen molar-refractivity contribution < 1.29 is 17.9 Å². The van der Waals surface area contributed by atoms with Crippen LogP contribution in [0.15, 0.2) is 18.6 Å². The van der Waals surface area contributed by atoms with Crippen molar-refractivity contribution in [3.05, 3.63) is 18.6 Å². The van der Waals surface area contributed by atoms with Gasteiger partial charge in [-0.2, -0.15) is 0 Å². The smallest absolute Gasteiger partial charge is 0.307 e. The number of fused-ring (bicyclic) bond motifs is 1. The van der Waals surface area contributed by atoms with Crippen molar-refractivity contribution in [1.82, 2.24) is 19.3 Å². The molecule has 10 heteroatoms. The third kappa shape index (κ3) is 7.90. The Balaban J connectivity index is 1.48. The zero-order chi connectivity index (χ0) is 25.3. The van der Waals surface area contributed by atoms with Gasteiger partial charge in [0.05, 0.1) is 11.1 Å². The number of carbonyl (C=O) groups is 1. The van der Waals surface area contributed by atoms with Gasteiger partial charge in [-0.3, -0.25) is 9.36 Å². The Hall–Kier alpha value is -2.20. The number of hydrogen-bond donors (Lipinski definition) is 1. The second-order valence-electron chi connectivity index (χ2n) is 9.61. The third-order valence-electron chi connectivity index (χ3n) is 6.70. The van der Waals surface area contributed by atoms with Crippen molar-refractivity contribution in [3.8, 4) is 0 Å². The van der Waals surface area contributed by atoms with E-state index in [1.54, 1.807) is 0 Å². The lowest BCUT2D eigenvalue weighted by atomic mass is 9.86. The predicted molar refractivity (Wildman–Crippen MR) is 139 cm³/mol. The number of rotatable bonds is 16. The molecule has 0 aliphatic heterocycles. The van der Waals surface area contributed by atoms with E-state index in [1.807, 2.05) is 30.8 Å². The van der Waals surface area contributed by atoms with E-state index in [2.05, 4.69) is 26.5 Å². The second kappa shape index (κ2) is 13.2. The molecule has 2 aromatic heterocycles. The van der Waals surface area contributed by atoms with E-state index in [0.717, 1.165) is 36.9 Å². The maximum Gasteiger partial charge on any atom is 0.307 e. The van der Waals surface area contributed by atoms with E-state index >= 15 is 0 Å². The van der Waals surface area contributed by atoms with Gasteiger partial charge in [0, 0.05) is 31.7 Å². The van der Waals surface area contributed by atoms with Gasteiger partial charge >= 0.3 is 5.97 Å². The summed E-state index contributed by atoms with van der Waals surface area (Å²) in [4.78, 5) is 23.1. The third-order valence-corrected chi connectivity index (χ3v) is 8.34. The maximum atomic E-state index is 12.2. The lowest BCUT2D eigenvalue weighted by Crippen LogP contribution is -2.53. The highest BCUT2D eigenvalue weighted by molar-refractivity contribution is 7.89. The van der Waals surface area contributed by atoms with Crippen molar-refractivity contribution in [3.63, 3.8) is 0 Å². The number of carbonyl (C=O) groups excluding carboxylic acids is 1. The van der Waals surface area contributed by atoms with Crippen molar-refractivity contribution in [2.45, 2.75) is 103 Å². The molecule has 0 aromatic carbocycles. The Morgan fingerprint density at radius 1 is 1.11 bits per heavy atom. The van der Waals surface area contributed by atoms with Crippen LogP contribution in [0, 0.1) is 0 Å². The first kappa shape index (κ1) is 27.4. The Morgan fingerprint density at radius 2 is 1.83 bits per heavy atom. The summed E-state index contributed by atoms with van der Waals surface area (Å²) in [6.07, 6.45) is 14.1. The van der Waals surface area contributed by atoms with Gasteiger partial charge in [0.1, 0.15) is 17.8 Å². The van der Waals surface area contributed by atoms with Crippen LogP contribution in [-0.2, 0) is 26.3 Å². The number of esters is 1. The number of nitrogens with one attached hydrogen (secondary N) is 1. The standard InChI is InChI=1S/C25H41N5O4S/c1-4-6-7-8-9-10-11-12-23(31)34-19-30-14-13-22-24(26-18-27-25(22)30)29(3)21-16-20(17-21)28-35(32,33)15-5-2/h13-14,18,20-21,28H,4-12,15-17,19H2,1-3H3. The minimum absolute atomic E-state index is 0.0309. The summed E-state index contributed by atoms with van der Waals surface area (Å²) < 4.78 is 34.1. The molecule has 0 saturated heterocycles. The number of ether oxygens (including phenoxy) is 1. The molecular formula is C25H41N5O4S. The van der Waals surface area contributed by atoms with E-state index in [0.29, 0.717) is 18.5 Å². The molecule has 1 fully saturated rings. The van der Waals surface area contributed by atoms with Gasteiger partial charge in [-0.25, -0.2) is 23.1 Å². The van der Waals surface area contributed by atoms with Gasteiger partial charge in [0.2, 0.25) is 10.0 Å². The molecule has 2 aromatic rings. The van der Waals surface area contributed by atoms with E-state index in [-0.39, 0.29) is 30.5 Å². The molecule has 1 aliphatic rings. The van der Waals surface area contributed by atoms with Crippen molar-refractivity contribution in [2.24, 2.45) is 0 Å². The van der Waals surface area contributed by atoms with E-state index < -0.39 is 10.0 Å². The summed E-state index contributed by atoms with van der Waals surface area (Å²) in [6.45, 7) is 4.20. The molecular weight excluding hydrogens is 466 g/mol. The molecule has 1 N–H and O–H groups in total. The first-order valence-electron chi connectivity index (χ1n) is 13.0. The summed E-state index contributed by atoms with van der Waals surface area (Å²) in [6, 6.07) is 2.10. The highest BCUT2D eigenvalue weighted by atomic mass is 32.2. The fourth-order valence-electron chi connectivity index (χ4n) is 4.57. The highest BCUT2D eigenvalue weighted by Crippen LogP contribution is 2.32. The summed E-state index contributed by atoms with van der Waals surface area (Å²) in [7, 11) is -1.23. The average molecular weight is 508 g/mol. The fourth-order valence-corrected chi connectivity index (χ4v) is 5.93. The highest BCUT2D eigenvalue weighted by Gasteiger charge is 2.35. The molecule has 35 heavy (non-hydrogen) atoms. The van der Waals surface area contributed by atoms with Crippen molar-refractivity contribution >= 4 is 32.8 Å². The molecule has 196 valence electrons. The van der Waals surface area contributed by atoms with Crippen LogP contribution in [0.2, 0.25) is 0 Å². The Labute approximate surface area is 209 Å². The minimum atomic E-state index is -3.20. The van der Waals surface area contributed by atoms with Gasteiger partial charge in [-0.15, -0.1) is 0 Å². The number of aromatic nitrogens is 3.